The molecule has 2 rings (SSSR count). The molecule has 65 heavy (non-hydrogen) atoms. The van der Waals surface area contributed by atoms with Gasteiger partial charge in [-0.2, -0.15) is 0 Å². The van der Waals surface area contributed by atoms with E-state index in [4.69, 9.17) is 19.3 Å². The van der Waals surface area contributed by atoms with Crippen molar-refractivity contribution in [1.82, 2.24) is 44.5 Å². The quantitative estimate of drug-likeness (QED) is 0.0506. The summed E-state index contributed by atoms with van der Waals surface area (Å²) in [6, 6.07) is 0. The topological polar surface area (TPSA) is 327 Å². The van der Waals surface area contributed by atoms with Crippen molar-refractivity contribution in [1.29, 1.82) is 0 Å². The van der Waals surface area contributed by atoms with E-state index in [0.29, 0.717) is 65.6 Å². The molecule has 0 amide bonds. The first-order chi connectivity index (χ1) is 31.1. The molecule has 2 heterocycles. The molecule has 0 aromatic heterocycles. The molecule has 25 heteroatoms. The Bertz CT molecular complexity index is 1310. The van der Waals surface area contributed by atoms with Crippen LogP contribution in [0, 0.1) is 0 Å². The van der Waals surface area contributed by atoms with Crippen LogP contribution in [-0.4, -0.2) is 313 Å². The summed E-state index contributed by atoms with van der Waals surface area (Å²) in [5.41, 5.74) is 0. The average Bonchev–Trinajstić information content (AvgIpc) is 3.21. The number of nitrogens with zero attached hydrogens (tertiary/aromatic N) is 8. The summed E-state index contributed by atoms with van der Waals surface area (Å²) in [6.07, 6.45) is -1.93. The van der Waals surface area contributed by atoms with Gasteiger partial charge in [-0.3, -0.25) is 39.2 Å². The standard InChI is InChI=1S/C40H77N9O16/c50-18-20-64-22-24-65-23-21-63-19-17-49(27-34(51)25-42-3-1-41-2-4-43(29-36(53)54)6-10-45(9-5-42)30-37(55)56)28-35(52)26-44-7-11-46(31-38(57)58)13-15-48(33-40(61)62)16-14-47(12-8-44)32-39(59)60/h34-35,41,50-52H,1-33H2,(H,53,54)(H,55,56)(H,57,58)(H,59,60)(H,61,62)/p-5. The predicted octanol–water partition coefficient (Wildman–Crippen LogP) is -12.5. The molecule has 25 nitrogen and oxygen atoms in total. The molecule has 2 saturated heterocycles. The van der Waals surface area contributed by atoms with Crippen LogP contribution in [0.1, 0.15) is 0 Å². The Kier molecular flexibility index (Phi) is 31.1. The zero-order chi connectivity index (χ0) is 47.8. The molecular weight excluding hydrogens is 862 g/mol. The van der Waals surface area contributed by atoms with Crippen molar-refractivity contribution in [2.75, 3.05) is 216 Å². The number of aliphatic hydroxyl groups excluding tert-OH is 3. The van der Waals surface area contributed by atoms with E-state index in [1.54, 1.807) is 24.5 Å². The molecule has 2 aliphatic heterocycles. The van der Waals surface area contributed by atoms with E-state index in [-0.39, 0.29) is 131 Å². The molecular formula is C40H72N9O16-5. The zero-order valence-electron chi connectivity index (χ0n) is 37.7. The lowest BCUT2D eigenvalue weighted by Crippen LogP contribution is -2.52. The fourth-order valence-corrected chi connectivity index (χ4v) is 7.51. The lowest BCUT2D eigenvalue weighted by atomic mass is 10.2. The van der Waals surface area contributed by atoms with E-state index < -0.39 is 61.7 Å². The SMILES string of the molecule is O=C([O-])CN1CCNCCN(CC(O)CN(CCOCCOCCOCCO)CC(O)CN2CCN(CC(=O)[O-])CCN(CC(=O)[O-])CCN(CC(=O)[O-])CC2)CCN(CC(=O)[O-])CC1. The number of carbonyl (C=O) groups excluding carboxylic acids is 5. The monoisotopic (exact) mass is 935 g/mol. The molecule has 0 bridgehead atoms. The first-order valence-corrected chi connectivity index (χ1v) is 22.3. The highest BCUT2D eigenvalue weighted by Crippen LogP contribution is 2.06. The number of nitrogens with one attached hydrogen (secondary N) is 1. The highest BCUT2D eigenvalue weighted by atomic mass is 16.5. The zero-order valence-corrected chi connectivity index (χ0v) is 37.7. The van der Waals surface area contributed by atoms with Gasteiger partial charge in [0.1, 0.15) is 0 Å². The lowest BCUT2D eigenvalue weighted by molar-refractivity contribution is -0.308. The summed E-state index contributed by atoms with van der Waals surface area (Å²) in [5, 5.41) is 92.7. The number of hydrogen-bond acceptors (Lipinski definition) is 25. The Morgan fingerprint density at radius 1 is 0.446 bits per heavy atom. The van der Waals surface area contributed by atoms with Gasteiger partial charge in [-0.25, -0.2) is 0 Å². The third-order valence-corrected chi connectivity index (χ3v) is 10.8. The molecule has 0 aromatic carbocycles. The van der Waals surface area contributed by atoms with Crippen LogP contribution in [0.25, 0.3) is 0 Å². The second-order valence-corrected chi connectivity index (χ2v) is 16.2. The molecule has 2 fully saturated rings. The number of aliphatic hydroxyl groups is 3. The van der Waals surface area contributed by atoms with E-state index in [0.717, 1.165) is 0 Å². The van der Waals surface area contributed by atoms with Crippen molar-refractivity contribution in [3.05, 3.63) is 0 Å². The van der Waals surface area contributed by atoms with Gasteiger partial charge >= 0.3 is 0 Å². The molecule has 4 N–H and O–H groups in total. The van der Waals surface area contributed by atoms with Crippen LogP contribution < -0.4 is 30.8 Å². The summed E-state index contributed by atoms with van der Waals surface area (Å²) in [4.78, 5) is 71.4. The maximum Gasteiger partial charge on any atom is 0.0793 e. The van der Waals surface area contributed by atoms with Crippen LogP contribution in [0.3, 0.4) is 0 Å². The second-order valence-electron chi connectivity index (χ2n) is 16.2. The summed E-state index contributed by atoms with van der Waals surface area (Å²) in [5.74, 6) is -6.45. The number of rotatable bonds is 29. The van der Waals surface area contributed by atoms with Crippen LogP contribution in [0.2, 0.25) is 0 Å². The summed E-state index contributed by atoms with van der Waals surface area (Å²) in [6.45, 7) is 5.26. The average molecular weight is 935 g/mol. The van der Waals surface area contributed by atoms with Gasteiger partial charge < -0.3 is 84.4 Å². The summed E-state index contributed by atoms with van der Waals surface area (Å²) >= 11 is 0. The Balaban J connectivity index is 2.18. The van der Waals surface area contributed by atoms with Gasteiger partial charge in [0.05, 0.1) is 88.3 Å². The lowest BCUT2D eigenvalue weighted by Gasteiger charge is -2.36. The van der Waals surface area contributed by atoms with Crippen LogP contribution >= 0.6 is 0 Å². The van der Waals surface area contributed by atoms with E-state index in [1.165, 1.54) is 0 Å². The minimum Gasteiger partial charge on any atom is -0.549 e. The smallest absolute Gasteiger partial charge is 0.0793 e. The van der Waals surface area contributed by atoms with Crippen LogP contribution in [0.15, 0.2) is 0 Å². The van der Waals surface area contributed by atoms with Crippen molar-refractivity contribution < 1.29 is 79.0 Å². The fourth-order valence-electron chi connectivity index (χ4n) is 7.51. The Morgan fingerprint density at radius 3 is 1.06 bits per heavy atom. The number of ether oxygens (including phenoxy) is 3. The number of carboxylic acid groups (broad SMARTS) is 5. The minimum atomic E-state index is -1.32. The minimum absolute atomic E-state index is 0.0859. The van der Waals surface area contributed by atoms with Crippen LogP contribution in [0.4, 0.5) is 0 Å². The van der Waals surface area contributed by atoms with Gasteiger partial charge in [0, 0.05) is 170 Å². The Morgan fingerprint density at radius 2 is 0.723 bits per heavy atom. The second kappa shape index (κ2) is 35.0. The maximum absolute atomic E-state index is 11.6. The molecule has 378 valence electrons. The van der Waals surface area contributed by atoms with Crippen molar-refractivity contribution >= 4 is 29.8 Å². The van der Waals surface area contributed by atoms with Gasteiger partial charge in [0.15, 0.2) is 0 Å². The van der Waals surface area contributed by atoms with Gasteiger partial charge in [-0.05, 0) is 0 Å². The van der Waals surface area contributed by atoms with Gasteiger partial charge in [0.2, 0.25) is 0 Å². The molecule has 0 radical (unpaired) electrons. The van der Waals surface area contributed by atoms with Gasteiger partial charge in [0.25, 0.3) is 0 Å². The third-order valence-electron chi connectivity index (χ3n) is 10.8. The summed E-state index contributed by atoms with van der Waals surface area (Å²) in [7, 11) is 0. The molecule has 2 atom stereocenters. The van der Waals surface area contributed by atoms with Crippen molar-refractivity contribution in [3.63, 3.8) is 0 Å². The summed E-state index contributed by atoms with van der Waals surface area (Å²) < 4.78 is 16.5. The normalized spacial score (nSPS) is 19.7. The molecule has 0 saturated carbocycles. The van der Waals surface area contributed by atoms with Crippen molar-refractivity contribution in [3.8, 4) is 0 Å². The molecule has 0 spiro atoms. The predicted molar refractivity (Wildman–Crippen MR) is 221 cm³/mol. The van der Waals surface area contributed by atoms with Crippen LogP contribution in [0.5, 0.6) is 0 Å². The Hall–Kier alpha value is -3.25. The van der Waals surface area contributed by atoms with Gasteiger partial charge in [-0.15, -0.1) is 0 Å². The number of hydrogen-bond donors (Lipinski definition) is 4. The molecule has 2 aliphatic rings. The van der Waals surface area contributed by atoms with E-state index in [2.05, 4.69) is 5.32 Å². The highest BCUT2D eigenvalue weighted by Gasteiger charge is 2.23. The van der Waals surface area contributed by atoms with Crippen molar-refractivity contribution in [2.24, 2.45) is 0 Å². The number of β-amino-alcohol motifs (C(OH)–C–C–N with tert-alkyl or cyclic N) is 2. The van der Waals surface area contributed by atoms with E-state index in [1.807, 2.05) is 14.7 Å². The number of carbonyl (C=O) groups is 5. The highest BCUT2D eigenvalue weighted by molar-refractivity contribution is 5.68. The van der Waals surface area contributed by atoms with E-state index in [9.17, 15) is 59.7 Å². The number of aliphatic carboxylic acids is 5. The first-order valence-electron chi connectivity index (χ1n) is 22.3. The maximum atomic E-state index is 11.6. The third kappa shape index (κ3) is 30.6. The molecule has 0 aliphatic carbocycles. The first kappa shape index (κ1) is 57.9. The fraction of sp³-hybridized carbons (Fsp3) is 0.875. The molecule has 2 unspecified atom stereocenters. The van der Waals surface area contributed by atoms with Crippen molar-refractivity contribution in [2.45, 2.75) is 12.2 Å². The number of carboxylic acids is 5. The van der Waals surface area contributed by atoms with Gasteiger partial charge in [-0.1, -0.05) is 0 Å². The molecule has 0 aromatic rings. The van der Waals surface area contributed by atoms with E-state index >= 15 is 0 Å². The Labute approximate surface area is 381 Å². The largest absolute Gasteiger partial charge is 0.549 e. The van der Waals surface area contributed by atoms with Crippen LogP contribution in [-0.2, 0) is 38.2 Å².